The first-order valence-corrected chi connectivity index (χ1v) is 51.6. The van der Waals surface area contributed by atoms with Gasteiger partial charge in [-0.05, 0) is 288 Å². The van der Waals surface area contributed by atoms with Gasteiger partial charge in [0, 0.05) is 98.8 Å². The molecule has 150 heavy (non-hydrogen) atoms. The molecule has 0 saturated carbocycles. The molecule has 30 aromatic rings. The molecule has 0 bridgehead atoms. The molecule has 6 heterocycles. The molecule has 0 fully saturated rings. The highest BCUT2D eigenvalue weighted by Crippen LogP contribution is 2.47. The lowest BCUT2D eigenvalue weighted by Gasteiger charge is -2.14. The van der Waals surface area contributed by atoms with Crippen LogP contribution in [0.2, 0.25) is 0 Å². The Bertz CT molecular complexity index is 10200. The number of fused-ring (bicyclic) bond motifs is 18. The average molecular weight is 1910 g/mol. The highest BCUT2D eigenvalue weighted by atomic mass is 15.0. The Morgan fingerprint density at radius 1 is 0.0733 bits per heavy atom. The molecule has 6 nitrogen and oxygen atoms in total. The normalized spacial score (nSPS) is 11.6. The molecule has 0 aliphatic carbocycles. The SMILES string of the molecule is c1ccc(-c2cc(-c3ccccc3)cc(-n3c4ccccc4c4cc(-c5ccc6c(c5)c5ccccc5n6-c5ccccc5)ccc43)c2)cc1.c1ccc(-c2ccc(-n3c4ccccc4c4cc(-c5ccc6c(c5)c5ccccc5n6-c5cccc(-c6ccccc6)c5)ccc43)cc2)cc1.c1ccc(-c2cccc(-n3c4ccccc4c4cc(-c5ccc6c(c5)c5ccccc5n6-c5cccc(-c6ccccc6)c5)ccc43)c2)cc1. The third-order valence-electron chi connectivity index (χ3n) is 30.3. The highest BCUT2D eigenvalue weighted by molar-refractivity contribution is 6.17. The Kier molecular flexibility index (Phi) is 21.9. The molecule has 0 unspecified atom stereocenters. The van der Waals surface area contributed by atoms with Crippen LogP contribution in [-0.2, 0) is 0 Å². The van der Waals surface area contributed by atoms with E-state index in [4.69, 9.17) is 0 Å². The van der Waals surface area contributed by atoms with Crippen LogP contribution in [0.15, 0.2) is 582 Å². The van der Waals surface area contributed by atoms with E-state index in [1.807, 2.05) is 0 Å². The van der Waals surface area contributed by atoms with Gasteiger partial charge in [-0.2, -0.15) is 0 Å². The Hall–Kier alpha value is -19.9. The van der Waals surface area contributed by atoms with Crippen LogP contribution in [0.3, 0.4) is 0 Å². The van der Waals surface area contributed by atoms with Crippen molar-refractivity contribution in [2.24, 2.45) is 0 Å². The van der Waals surface area contributed by atoms with Crippen molar-refractivity contribution >= 4 is 131 Å². The predicted molar refractivity (Wildman–Crippen MR) is 634 cm³/mol. The van der Waals surface area contributed by atoms with Gasteiger partial charge in [-0.15, -0.1) is 0 Å². The predicted octanol–water partition coefficient (Wildman–Crippen LogP) is 38.6. The molecule has 0 aliphatic heterocycles. The first kappa shape index (κ1) is 87.8. The maximum absolute atomic E-state index is 2.43. The summed E-state index contributed by atoms with van der Waals surface area (Å²) in [5.41, 5.74) is 43.3. The summed E-state index contributed by atoms with van der Waals surface area (Å²) in [7, 11) is 0. The van der Waals surface area contributed by atoms with Crippen LogP contribution >= 0.6 is 0 Å². The number of hydrogen-bond donors (Lipinski definition) is 0. The van der Waals surface area contributed by atoms with Crippen LogP contribution in [-0.4, -0.2) is 27.4 Å². The maximum atomic E-state index is 2.43. The van der Waals surface area contributed by atoms with Crippen LogP contribution in [0.25, 0.3) is 265 Å². The molecule has 702 valence electrons. The van der Waals surface area contributed by atoms with Gasteiger partial charge in [0.15, 0.2) is 0 Å². The summed E-state index contributed by atoms with van der Waals surface area (Å²) in [5.74, 6) is 0. The fraction of sp³-hybridized carbons (Fsp3) is 0. The summed E-state index contributed by atoms with van der Waals surface area (Å²) in [6.45, 7) is 0. The van der Waals surface area contributed by atoms with Gasteiger partial charge in [0.2, 0.25) is 0 Å². The fourth-order valence-electron chi connectivity index (χ4n) is 23.3. The standard InChI is InChI=1S/3C48H32N2/c1-4-14-33(15-5-1)37-28-38(34-16-6-2-7-17-34)30-40(29-37)50-46-23-13-11-21-42(46)44-32-36(25-27-48(44)50)35-24-26-47-43(31-35)41-20-10-12-22-45(41)49(47)39-18-8-3-9-19-39;1-3-13-33(14-4-1)35-17-11-19-39(29-35)49-45-23-9-7-21-41(45)43-31-37(25-27-47(43)49)38-26-28-48-44(32-38)42-22-8-10-24-46(42)50(48)40-20-12-18-36(30-40)34-15-5-2-6-16-34;1-3-12-33(13-4-1)35-22-26-39(27-23-35)49-45-20-9-7-18-41(45)43-31-37(24-28-47(43)49)38-25-29-48-44(32-38)42-19-8-10-21-46(42)50(48)40-17-11-16-36(30-40)34-14-5-2-6-15-34/h3*1-32H. The summed E-state index contributed by atoms with van der Waals surface area (Å²) in [5, 5.41) is 15.1. The first-order chi connectivity index (χ1) is 74.4. The Morgan fingerprint density at radius 2 is 0.227 bits per heavy atom. The van der Waals surface area contributed by atoms with Crippen molar-refractivity contribution in [2.75, 3.05) is 0 Å². The van der Waals surface area contributed by atoms with E-state index >= 15 is 0 Å². The van der Waals surface area contributed by atoms with Gasteiger partial charge in [-0.3, -0.25) is 0 Å². The molecule has 0 spiro atoms. The van der Waals surface area contributed by atoms with E-state index in [1.54, 1.807) is 0 Å². The van der Waals surface area contributed by atoms with Gasteiger partial charge in [0.25, 0.3) is 0 Å². The highest BCUT2D eigenvalue weighted by Gasteiger charge is 2.24. The summed E-state index contributed by atoms with van der Waals surface area (Å²) in [6.07, 6.45) is 0. The molecular formula is C144H96N6. The largest absolute Gasteiger partial charge is 0.309 e. The van der Waals surface area contributed by atoms with Gasteiger partial charge in [0.1, 0.15) is 0 Å². The van der Waals surface area contributed by atoms with Crippen molar-refractivity contribution in [1.29, 1.82) is 0 Å². The third-order valence-corrected chi connectivity index (χ3v) is 30.3. The number of hydrogen-bond acceptors (Lipinski definition) is 0. The van der Waals surface area contributed by atoms with Gasteiger partial charge in [-0.1, -0.05) is 394 Å². The molecule has 0 radical (unpaired) electrons. The third kappa shape index (κ3) is 15.6. The van der Waals surface area contributed by atoms with Crippen LogP contribution in [0.4, 0.5) is 0 Å². The van der Waals surface area contributed by atoms with Gasteiger partial charge >= 0.3 is 0 Å². The van der Waals surface area contributed by atoms with E-state index in [0.717, 1.165) is 28.4 Å². The van der Waals surface area contributed by atoms with Crippen LogP contribution in [0.1, 0.15) is 0 Å². The van der Waals surface area contributed by atoms with E-state index in [1.165, 1.54) is 237 Å². The lowest BCUT2D eigenvalue weighted by atomic mass is 9.98. The minimum atomic E-state index is 1.15. The van der Waals surface area contributed by atoms with Crippen LogP contribution in [0, 0.1) is 0 Å². The quantitative estimate of drug-likeness (QED) is 0.0979. The van der Waals surface area contributed by atoms with Gasteiger partial charge in [-0.25, -0.2) is 0 Å². The number of benzene rings is 24. The van der Waals surface area contributed by atoms with Crippen molar-refractivity contribution in [3.63, 3.8) is 0 Å². The topological polar surface area (TPSA) is 29.6 Å². The van der Waals surface area contributed by atoms with Crippen molar-refractivity contribution in [3.8, 4) is 134 Å². The molecule has 0 atom stereocenters. The van der Waals surface area contributed by atoms with E-state index in [2.05, 4.69) is 610 Å². The molecule has 30 rings (SSSR count). The molecule has 0 saturated heterocycles. The number of rotatable bonds is 15. The minimum Gasteiger partial charge on any atom is -0.309 e. The van der Waals surface area contributed by atoms with E-state index in [-0.39, 0.29) is 0 Å². The molecule has 6 heteroatoms. The van der Waals surface area contributed by atoms with Crippen LogP contribution in [0.5, 0.6) is 0 Å². The van der Waals surface area contributed by atoms with E-state index in [0.29, 0.717) is 0 Å². The Labute approximate surface area is 868 Å². The van der Waals surface area contributed by atoms with Crippen molar-refractivity contribution in [2.45, 2.75) is 0 Å². The monoisotopic (exact) mass is 1910 g/mol. The number of aromatic nitrogens is 6. The maximum Gasteiger partial charge on any atom is 0.0541 e. The smallest absolute Gasteiger partial charge is 0.0541 e. The lowest BCUT2D eigenvalue weighted by Crippen LogP contribution is -1.96. The molecular weight excluding hydrogens is 1810 g/mol. The second-order valence-corrected chi connectivity index (χ2v) is 39.0. The Balaban J connectivity index is 0.000000108. The first-order valence-electron chi connectivity index (χ1n) is 51.6. The summed E-state index contributed by atoms with van der Waals surface area (Å²) < 4.78 is 14.4. The Morgan fingerprint density at radius 3 is 0.480 bits per heavy atom. The van der Waals surface area contributed by atoms with Crippen molar-refractivity contribution in [3.05, 3.63) is 582 Å². The zero-order valence-electron chi connectivity index (χ0n) is 82.1. The van der Waals surface area contributed by atoms with Crippen molar-refractivity contribution < 1.29 is 0 Å². The van der Waals surface area contributed by atoms with Gasteiger partial charge in [0.05, 0.1) is 66.2 Å². The lowest BCUT2D eigenvalue weighted by molar-refractivity contribution is 1.18. The fourth-order valence-corrected chi connectivity index (χ4v) is 23.3. The average Bonchev–Trinajstić information content (AvgIpc) is 1.58. The number of nitrogens with zero attached hydrogens (tertiary/aromatic N) is 6. The van der Waals surface area contributed by atoms with Gasteiger partial charge < -0.3 is 27.4 Å². The van der Waals surface area contributed by atoms with E-state index < -0.39 is 0 Å². The van der Waals surface area contributed by atoms with Crippen LogP contribution < -0.4 is 0 Å². The molecule has 0 amide bonds. The summed E-state index contributed by atoms with van der Waals surface area (Å²) in [4.78, 5) is 0. The summed E-state index contributed by atoms with van der Waals surface area (Å²) >= 11 is 0. The molecule has 0 aliphatic rings. The minimum absolute atomic E-state index is 1.15. The molecule has 24 aromatic carbocycles. The van der Waals surface area contributed by atoms with E-state index in [9.17, 15) is 0 Å². The zero-order chi connectivity index (χ0) is 99.1. The number of para-hydroxylation sites is 7. The second-order valence-electron chi connectivity index (χ2n) is 39.0. The van der Waals surface area contributed by atoms with Crippen molar-refractivity contribution in [1.82, 2.24) is 27.4 Å². The molecule has 0 N–H and O–H groups in total. The summed E-state index contributed by atoms with van der Waals surface area (Å²) in [6, 6.07) is 211. The second kappa shape index (κ2) is 37.4. The molecule has 6 aromatic heterocycles. The zero-order valence-corrected chi connectivity index (χ0v) is 82.1.